The summed E-state index contributed by atoms with van der Waals surface area (Å²) in [5.41, 5.74) is 2.41. The van der Waals surface area contributed by atoms with E-state index in [2.05, 4.69) is 4.98 Å². The number of nitrogens with zero attached hydrogens (tertiary/aromatic N) is 2. The Morgan fingerprint density at radius 3 is 2.32 bits per heavy atom. The molecule has 1 aromatic heterocycles. The van der Waals surface area contributed by atoms with E-state index in [0.717, 1.165) is 26.7 Å². The Bertz CT molecular complexity index is 1370. The van der Waals surface area contributed by atoms with Crippen LogP contribution < -0.4 is 0 Å². The van der Waals surface area contributed by atoms with Crippen molar-refractivity contribution in [1.29, 1.82) is 0 Å². The Labute approximate surface area is 217 Å². The van der Waals surface area contributed by atoms with Gasteiger partial charge in [0.2, 0.25) is 0 Å². The van der Waals surface area contributed by atoms with Gasteiger partial charge in [0, 0.05) is 21.5 Å². The lowest BCUT2D eigenvalue weighted by Gasteiger charge is -2.35. The molecule has 5 rings (SSSR count). The maximum atomic E-state index is 12.4. The summed E-state index contributed by atoms with van der Waals surface area (Å²) in [7, 11) is 0. The molecule has 172 valence electrons. The molecule has 2 aromatic carbocycles. The number of aromatic nitrogens is 1. The molecule has 3 aromatic rings. The average molecular weight is 528 g/mol. The van der Waals surface area contributed by atoms with E-state index in [4.69, 9.17) is 39.8 Å². The number of halogens is 3. The van der Waals surface area contributed by atoms with Gasteiger partial charge in [-0.15, -0.1) is 11.3 Å². The third-order valence-corrected chi connectivity index (χ3v) is 8.34. The van der Waals surface area contributed by atoms with Crippen molar-refractivity contribution < 1.29 is 5.11 Å². The largest absolute Gasteiger partial charge is 0.375 e. The summed E-state index contributed by atoms with van der Waals surface area (Å²) in [6.45, 7) is 3.86. The Morgan fingerprint density at radius 1 is 0.971 bits per heavy atom. The molecule has 1 aliphatic heterocycles. The summed E-state index contributed by atoms with van der Waals surface area (Å²) in [5.74, 6) is -0.257. The van der Waals surface area contributed by atoms with E-state index in [1.54, 1.807) is 12.1 Å². The first-order valence-electron chi connectivity index (χ1n) is 10.8. The first-order chi connectivity index (χ1) is 16.3. The minimum Gasteiger partial charge on any atom is -0.375 e. The number of aliphatic imine (C=N–C) groups is 1. The van der Waals surface area contributed by atoms with Gasteiger partial charge in [0.15, 0.2) is 5.60 Å². The van der Waals surface area contributed by atoms with Gasteiger partial charge in [-0.1, -0.05) is 95.5 Å². The molecule has 0 saturated carbocycles. The monoisotopic (exact) mass is 526 g/mol. The van der Waals surface area contributed by atoms with E-state index in [1.165, 1.54) is 11.3 Å². The molecule has 0 saturated heterocycles. The van der Waals surface area contributed by atoms with E-state index in [0.29, 0.717) is 26.4 Å². The van der Waals surface area contributed by atoms with E-state index in [-0.39, 0.29) is 12.0 Å². The predicted molar refractivity (Wildman–Crippen MR) is 143 cm³/mol. The highest BCUT2D eigenvalue weighted by Gasteiger charge is 2.42. The number of benzene rings is 2. The van der Waals surface area contributed by atoms with Gasteiger partial charge < -0.3 is 5.11 Å². The molecule has 0 spiro atoms. The summed E-state index contributed by atoms with van der Waals surface area (Å²) in [6, 6.07) is 16.8. The maximum Gasteiger partial charge on any atom is 0.151 e. The Morgan fingerprint density at radius 2 is 1.68 bits per heavy atom. The number of allylic oxidation sites excluding steroid dienone is 1. The lowest BCUT2D eigenvalue weighted by Crippen LogP contribution is -2.33. The van der Waals surface area contributed by atoms with Gasteiger partial charge >= 0.3 is 0 Å². The number of fused-ring (bicyclic) bond motifs is 1. The van der Waals surface area contributed by atoms with Crippen LogP contribution in [-0.4, -0.2) is 21.3 Å². The third kappa shape index (κ3) is 3.98. The van der Waals surface area contributed by atoms with Crippen LogP contribution in [0, 0.1) is 19.8 Å². The van der Waals surface area contributed by atoms with Crippen molar-refractivity contribution in [2.45, 2.75) is 25.5 Å². The molecule has 3 nitrogen and oxygen atoms in total. The minimum absolute atomic E-state index is 0.241. The van der Waals surface area contributed by atoms with Crippen molar-refractivity contribution in [2.75, 3.05) is 0 Å². The first-order valence-corrected chi connectivity index (χ1v) is 12.8. The summed E-state index contributed by atoms with van der Waals surface area (Å²) in [5, 5.41) is 14.8. The van der Waals surface area contributed by atoms with Gasteiger partial charge in [-0.3, -0.25) is 4.99 Å². The second-order valence-corrected chi connectivity index (χ2v) is 10.8. The highest BCUT2D eigenvalue weighted by atomic mass is 35.5. The topological polar surface area (TPSA) is 45.5 Å². The van der Waals surface area contributed by atoms with E-state index in [9.17, 15) is 5.11 Å². The Kier molecular flexibility index (Phi) is 6.30. The molecule has 7 heteroatoms. The van der Waals surface area contributed by atoms with Gasteiger partial charge in [-0.2, -0.15) is 0 Å². The van der Waals surface area contributed by atoms with Crippen molar-refractivity contribution in [3.8, 4) is 0 Å². The number of aliphatic hydroxyl groups is 1. The molecule has 2 aliphatic rings. The molecular weight excluding hydrogens is 507 g/mol. The highest BCUT2D eigenvalue weighted by Crippen LogP contribution is 2.47. The number of hydrogen-bond donors (Lipinski definition) is 1. The van der Waals surface area contributed by atoms with E-state index in [1.807, 2.05) is 74.5 Å². The standard InChI is InChI=1S/C27H21Cl3N2OS/c1-15-25(34-16(2)31-15)27(33,18-8-11-20(28)12-9-18)19-10-13-22-21(14-19)24(29)23(26(30)32-22)17-6-4-3-5-7-17/h3-14,21-22,33H,1-2H3. The summed E-state index contributed by atoms with van der Waals surface area (Å²) >= 11 is 21.2. The smallest absolute Gasteiger partial charge is 0.151 e. The second kappa shape index (κ2) is 9.10. The molecule has 3 unspecified atom stereocenters. The van der Waals surface area contributed by atoms with Crippen LogP contribution in [0.1, 0.15) is 26.7 Å². The summed E-state index contributed by atoms with van der Waals surface area (Å²) in [6.07, 6.45) is 5.87. The number of hydrogen-bond acceptors (Lipinski definition) is 4. The molecule has 1 aliphatic carbocycles. The van der Waals surface area contributed by atoms with Crippen LogP contribution in [0.15, 0.2) is 88.4 Å². The molecule has 34 heavy (non-hydrogen) atoms. The molecule has 0 fully saturated rings. The van der Waals surface area contributed by atoms with Crippen molar-refractivity contribution in [2.24, 2.45) is 10.9 Å². The van der Waals surface area contributed by atoms with Crippen LogP contribution in [-0.2, 0) is 5.60 Å². The quantitative estimate of drug-likeness (QED) is 0.383. The lowest BCUT2D eigenvalue weighted by molar-refractivity contribution is 0.126. The Balaban J connectivity index is 1.68. The van der Waals surface area contributed by atoms with Crippen molar-refractivity contribution in [3.63, 3.8) is 0 Å². The molecule has 3 atom stereocenters. The van der Waals surface area contributed by atoms with Crippen molar-refractivity contribution >= 4 is 56.9 Å². The predicted octanol–water partition coefficient (Wildman–Crippen LogP) is 7.43. The molecule has 2 heterocycles. The van der Waals surface area contributed by atoms with Crippen LogP contribution in [0.4, 0.5) is 0 Å². The van der Waals surface area contributed by atoms with Crippen molar-refractivity contribution in [1.82, 2.24) is 4.98 Å². The third-order valence-electron chi connectivity index (χ3n) is 6.17. The Hall–Kier alpha value is -2.21. The van der Waals surface area contributed by atoms with Crippen LogP contribution in [0.5, 0.6) is 0 Å². The van der Waals surface area contributed by atoms with Crippen LogP contribution in [0.2, 0.25) is 5.02 Å². The minimum atomic E-state index is -1.42. The van der Waals surface area contributed by atoms with Gasteiger partial charge in [0.25, 0.3) is 0 Å². The normalized spacial score (nSPS) is 21.6. The fourth-order valence-corrected chi connectivity index (χ4v) is 6.51. The van der Waals surface area contributed by atoms with Crippen LogP contribution >= 0.6 is 46.1 Å². The highest BCUT2D eigenvalue weighted by molar-refractivity contribution is 7.11. The van der Waals surface area contributed by atoms with Crippen LogP contribution in [0.3, 0.4) is 0 Å². The zero-order chi connectivity index (χ0) is 24.0. The first kappa shape index (κ1) is 23.5. The second-order valence-electron chi connectivity index (χ2n) is 8.37. The molecule has 1 N–H and O–H groups in total. The number of aryl methyl sites for hydroxylation is 2. The maximum absolute atomic E-state index is 12.4. The van der Waals surface area contributed by atoms with Gasteiger partial charge in [0.1, 0.15) is 5.17 Å². The van der Waals surface area contributed by atoms with E-state index < -0.39 is 5.60 Å². The fourth-order valence-electron chi connectivity index (χ4n) is 4.57. The average Bonchev–Trinajstić information content (AvgIpc) is 3.18. The zero-order valence-corrected chi connectivity index (χ0v) is 21.6. The molecule has 0 bridgehead atoms. The van der Waals surface area contributed by atoms with Gasteiger partial charge in [0.05, 0.1) is 21.6 Å². The summed E-state index contributed by atoms with van der Waals surface area (Å²) in [4.78, 5) is 10.1. The number of rotatable bonds is 4. The SMILES string of the molecule is Cc1nc(C)c(C(O)(C2=CC3C(Cl)=C(c4ccccc4)C(Cl)=NC3C=C2)c2ccc(Cl)cc2)s1. The fraction of sp³-hybridized carbons (Fsp3) is 0.185. The van der Waals surface area contributed by atoms with E-state index >= 15 is 0 Å². The molecule has 0 amide bonds. The molecule has 0 radical (unpaired) electrons. The molecular formula is C27H21Cl3N2OS. The lowest BCUT2D eigenvalue weighted by atomic mass is 9.77. The van der Waals surface area contributed by atoms with Gasteiger partial charge in [-0.05, 0) is 42.7 Å². The number of dihydropyridines is 1. The number of thiazole rings is 1. The van der Waals surface area contributed by atoms with Gasteiger partial charge in [-0.25, -0.2) is 4.98 Å². The van der Waals surface area contributed by atoms with Crippen molar-refractivity contribution in [3.05, 3.63) is 115 Å². The summed E-state index contributed by atoms with van der Waals surface area (Å²) < 4.78 is 0. The van der Waals surface area contributed by atoms with Crippen LogP contribution in [0.25, 0.3) is 5.57 Å². The zero-order valence-electron chi connectivity index (χ0n) is 18.5.